The SMILES string of the molecule is C=CCN(C(=O)C1N(CCCCCCO)C(=O)[C@@H]2[C@H](C(=O)OCC)[C@@H]3CCC12O3)c1c(C)cccc1Cl. The first-order chi connectivity index (χ1) is 17.8. The van der Waals surface area contributed by atoms with E-state index in [0.29, 0.717) is 42.9 Å². The van der Waals surface area contributed by atoms with Gasteiger partial charge in [-0.3, -0.25) is 14.4 Å². The highest BCUT2D eigenvalue weighted by Gasteiger charge is 2.75. The number of hydrogen-bond donors (Lipinski definition) is 1. The molecule has 3 saturated heterocycles. The number of likely N-dealkylation sites (tertiary alicyclic amines) is 1. The van der Waals surface area contributed by atoms with Gasteiger partial charge in [-0.05, 0) is 51.2 Å². The molecule has 0 aromatic heterocycles. The number of aliphatic hydroxyl groups is 1. The lowest BCUT2D eigenvalue weighted by atomic mass is 9.70. The van der Waals surface area contributed by atoms with Crippen LogP contribution in [0.4, 0.5) is 5.69 Å². The van der Waals surface area contributed by atoms with E-state index in [9.17, 15) is 14.4 Å². The molecule has 202 valence electrons. The minimum atomic E-state index is -1.09. The van der Waals surface area contributed by atoms with Crippen LogP contribution in [0.2, 0.25) is 5.02 Å². The van der Waals surface area contributed by atoms with Gasteiger partial charge in [0.05, 0.1) is 35.3 Å². The fourth-order valence-corrected chi connectivity index (χ4v) is 6.78. The molecule has 1 N–H and O–H groups in total. The molecule has 0 aliphatic carbocycles. The first kappa shape index (κ1) is 27.6. The summed E-state index contributed by atoms with van der Waals surface area (Å²) in [6, 6.07) is 4.57. The number of hydrogen-bond acceptors (Lipinski definition) is 6. The van der Waals surface area contributed by atoms with Gasteiger partial charge in [0, 0.05) is 19.7 Å². The Morgan fingerprint density at radius 1 is 1.32 bits per heavy atom. The number of carbonyl (C=O) groups is 3. The molecule has 5 atom stereocenters. The smallest absolute Gasteiger partial charge is 0.312 e. The van der Waals surface area contributed by atoms with E-state index < -0.39 is 35.6 Å². The normalized spacial score (nSPS) is 27.9. The third-order valence-corrected chi connectivity index (χ3v) is 8.24. The summed E-state index contributed by atoms with van der Waals surface area (Å²) in [5.74, 6) is -2.42. The molecule has 0 saturated carbocycles. The third kappa shape index (κ3) is 4.79. The summed E-state index contributed by atoms with van der Waals surface area (Å²) < 4.78 is 11.8. The van der Waals surface area contributed by atoms with E-state index in [2.05, 4.69) is 6.58 Å². The monoisotopic (exact) mass is 532 g/mol. The molecule has 0 radical (unpaired) electrons. The van der Waals surface area contributed by atoms with Crippen LogP contribution >= 0.6 is 11.6 Å². The van der Waals surface area contributed by atoms with Crippen molar-refractivity contribution in [1.29, 1.82) is 0 Å². The van der Waals surface area contributed by atoms with Gasteiger partial charge in [0.25, 0.3) is 5.91 Å². The van der Waals surface area contributed by atoms with Crippen molar-refractivity contribution in [1.82, 2.24) is 4.90 Å². The predicted octanol–water partition coefficient (Wildman–Crippen LogP) is 3.66. The van der Waals surface area contributed by atoms with Crippen molar-refractivity contribution in [3.05, 3.63) is 41.4 Å². The molecule has 1 spiro atoms. The number of fused-ring (bicyclic) bond motifs is 1. The van der Waals surface area contributed by atoms with Crippen LogP contribution in [0.1, 0.15) is 51.0 Å². The number of anilines is 1. The van der Waals surface area contributed by atoms with E-state index in [4.69, 9.17) is 26.2 Å². The standard InChI is InChI=1S/C28H37ClN2O6/c1-4-15-30(23-18(3)11-10-12-19(23)29)26(34)24-28-14-13-20(37-28)21(27(35)36-5-2)22(28)25(33)31(24)16-8-6-7-9-17-32/h4,10-12,20-22,24,32H,1,5-9,13-17H2,2-3H3/t20-,21+,22-,24?,28?/m0/s1. The van der Waals surface area contributed by atoms with E-state index in [1.54, 1.807) is 28.9 Å². The van der Waals surface area contributed by atoms with E-state index in [1.807, 2.05) is 19.1 Å². The summed E-state index contributed by atoms with van der Waals surface area (Å²) in [5.41, 5.74) is 0.326. The molecule has 1 aromatic carbocycles. The molecule has 3 aliphatic rings. The summed E-state index contributed by atoms with van der Waals surface area (Å²) in [6.45, 7) is 8.39. The minimum Gasteiger partial charge on any atom is -0.466 e. The molecule has 8 nitrogen and oxygen atoms in total. The number of aliphatic hydroxyl groups excluding tert-OH is 1. The quantitative estimate of drug-likeness (QED) is 0.251. The van der Waals surface area contributed by atoms with Gasteiger partial charge in [0.1, 0.15) is 11.6 Å². The van der Waals surface area contributed by atoms with Crippen molar-refractivity contribution < 1.29 is 29.0 Å². The van der Waals surface area contributed by atoms with Crippen LogP contribution < -0.4 is 4.90 Å². The van der Waals surface area contributed by atoms with Gasteiger partial charge in [-0.1, -0.05) is 42.7 Å². The second-order valence-electron chi connectivity index (χ2n) is 10.1. The lowest BCUT2D eigenvalue weighted by Gasteiger charge is -2.37. The maximum Gasteiger partial charge on any atom is 0.312 e. The molecular formula is C28H37ClN2O6. The van der Waals surface area contributed by atoms with Crippen LogP contribution in [0.15, 0.2) is 30.9 Å². The Labute approximate surface area is 223 Å². The van der Waals surface area contributed by atoms with Crippen molar-refractivity contribution in [3.63, 3.8) is 0 Å². The Morgan fingerprint density at radius 2 is 2.08 bits per heavy atom. The second kappa shape index (κ2) is 11.5. The van der Waals surface area contributed by atoms with Crippen LogP contribution in [-0.4, -0.2) is 71.8 Å². The first-order valence-electron chi connectivity index (χ1n) is 13.3. The van der Waals surface area contributed by atoms with Crippen molar-refractivity contribution in [2.75, 3.05) is 31.2 Å². The molecule has 9 heteroatoms. The molecule has 3 aliphatic heterocycles. The highest BCUT2D eigenvalue weighted by atomic mass is 35.5. The Kier molecular flexibility index (Phi) is 8.61. The number of nitrogens with zero attached hydrogens (tertiary/aromatic N) is 2. The average Bonchev–Trinajstić information content (AvgIpc) is 3.50. The molecule has 3 heterocycles. The van der Waals surface area contributed by atoms with Gasteiger partial charge < -0.3 is 24.4 Å². The minimum absolute atomic E-state index is 0.124. The molecule has 3 fully saturated rings. The number of ether oxygens (including phenoxy) is 2. The first-order valence-corrected chi connectivity index (χ1v) is 13.6. The summed E-state index contributed by atoms with van der Waals surface area (Å²) in [6.07, 6.45) is 5.32. The number of esters is 1. The van der Waals surface area contributed by atoms with Gasteiger partial charge in [-0.15, -0.1) is 6.58 Å². The molecule has 1 aromatic rings. The number of para-hydroxylation sites is 1. The molecular weight excluding hydrogens is 496 g/mol. The van der Waals surface area contributed by atoms with E-state index in [0.717, 1.165) is 18.4 Å². The van der Waals surface area contributed by atoms with Gasteiger partial charge in [0.15, 0.2) is 0 Å². The number of unbranched alkanes of at least 4 members (excludes halogenated alkanes) is 3. The second-order valence-corrected chi connectivity index (χ2v) is 10.5. The number of benzene rings is 1. The summed E-state index contributed by atoms with van der Waals surface area (Å²) in [4.78, 5) is 44.6. The fraction of sp³-hybridized carbons (Fsp3) is 0.607. The largest absolute Gasteiger partial charge is 0.466 e. The number of aryl methyl sites for hydroxylation is 1. The van der Waals surface area contributed by atoms with Gasteiger partial charge in [0.2, 0.25) is 5.91 Å². The summed E-state index contributed by atoms with van der Waals surface area (Å²) >= 11 is 6.57. The number of rotatable bonds is 12. The van der Waals surface area contributed by atoms with Crippen LogP contribution in [0.25, 0.3) is 0 Å². The van der Waals surface area contributed by atoms with Gasteiger partial charge >= 0.3 is 5.97 Å². The van der Waals surface area contributed by atoms with Crippen LogP contribution in [-0.2, 0) is 23.9 Å². The highest BCUT2D eigenvalue weighted by Crippen LogP contribution is 2.59. The number of halogens is 1. The molecule has 4 rings (SSSR count). The highest BCUT2D eigenvalue weighted by molar-refractivity contribution is 6.34. The zero-order chi connectivity index (χ0) is 26.7. The van der Waals surface area contributed by atoms with Crippen molar-refractivity contribution in [3.8, 4) is 0 Å². The Balaban J connectivity index is 1.73. The molecule has 2 unspecified atom stereocenters. The lowest BCUT2D eigenvalue weighted by Crippen LogP contribution is -2.56. The molecule has 2 bridgehead atoms. The van der Waals surface area contributed by atoms with Gasteiger partial charge in [-0.2, -0.15) is 0 Å². The fourth-order valence-electron chi connectivity index (χ4n) is 6.46. The zero-order valence-corrected chi connectivity index (χ0v) is 22.4. The van der Waals surface area contributed by atoms with E-state index >= 15 is 0 Å². The Bertz CT molecular complexity index is 1030. The summed E-state index contributed by atoms with van der Waals surface area (Å²) in [7, 11) is 0. The lowest BCUT2D eigenvalue weighted by molar-refractivity contribution is -0.154. The molecule has 2 amide bonds. The Hall–Kier alpha value is -2.42. The average molecular weight is 533 g/mol. The van der Waals surface area contributed by atoms with E-state index in [1.165, 1.54) is 0 Å². The van der Waals surface area contributed by atoms with Crippen molar-refractivity contribution >= 4 is 35.1 Å². The van der Waals surface area contributed by atoms with Crippen LogP contribution in [0, 0.1) is 18.8 Å². The maximum absolute atomic E-state index is 14.5. The predicted molar refractivity (Wildman–Crippen MR) is 140 cm³/mol. The number of amides is 2. The molecule has 37 heavy (non-hydrogen) atoms. The number of carbonyl (C=O) groups excluding carboxylic acids is 3. The Morgan fingerprint density at radius 3 is 2.76 bits per heavy atom. The van der Waals surface area contributed by atoms with Crippen molar-refractivity contribution in [2.24, 2.45) is 11.8 Å². The van der Waals surface area contributed by atoms with E-state index in [-0.39, 0.29) is 31.6 Å². The topological polar surface area (TPSA) is 96.4 Å². The van der Waals surface area contributed by atoms with Crippen LogP contribution in [0.3, 0.4) is 0 Å². The summed E-state index contributed by atoms with van der Waals surface area (Å²) in [5, 5.41) is 9.54. The maximum atomic E-state index is 14.5. The van der Waals surface area contributed by atoms with Gasteiger partial charge in [-0.25, -0.2) is 0 Å². The van der Waals surface area contributed by atoms with Crippen LogP contribution in [0.5, 0.6) is 0 Å². The third-order valence-electron chi connectivity index (χ3n) is 7.94. The zero-order valence-electron chi connectivity index (χ0n) is 21.7. The van der Waals surface area contributed by atoms with Crippen molar-refractivity contribution in [2.45, 2.75) is 70.1 Å².